The number of carbonyl (C=O) groups is 1. The zero-order valence-corrected chi connectivity index (χ0v) is 14.7. The molecule has 0 bridgehead atoms. The highest BCUT2D eigenvalue weighted by Gasteiger charge is 2.20. The van der Waals surface area contributed by atoms with Crippen LogP contribution in [0.3, 0.4) is 0 Å². The molecule has 0 saturated heterocycles. The second-order valence-corrected chi connectivity index (χ2v) is 6.02. The van der Waals surface area contributed by atoms with Gasteiger partial charge in [0.25, 0.3) is 0 Å². The zero-order chi connectivity index (χ0) is 20.0. The third-order valence-corrected chi connectivity index (χ3v) is 4.16. The van der Waals surface area contributed by atoms with Gasteiger partial charge in [-0.25, -0.2) is 18.0 Å². The molecule has 0 unspecified atom stereocenters. The number of nitriles is 1. The van der Waals surface area contributed by atoms with Crippen molar-refractivity contribution in [2.24, 2.45) is 0 Å². The van der Waals surface area contributed by atoms with E-state index < -0.39 is 23.4 Å². The van der Waals surface area contributed by atoms with Crippen molar-refractivity contribution in [1.82, 2.24) is 0 Å². The summed E-state index contributed by atoms with van der Waals surface area (Å²) in [5.74, 6) is -4.15. The van der Waals surface area contributed by atoms with Crippen molar-refractivity contribution in [2.75, 3.05) is 0 Å². The average Bonchev–Trinajstić information content (AvgIpc) is 2.67. The lowest BCUT2D eigenvalue weighted by Crippen LogP contribution is -2.03. The summed E-state index contributed by atoms with van der Waals surface area (Å²) in [6, 6.07) is 9.01. The van der Waals surface area contributed by atoms with E-state index in [0.717, 1.165) is 25.0 Å². The van der Waals surface area contributed by atoms with Gasteiger partial charge in [-0.15, -0.1) is 0 Å². The van der Waals surface area contributed by atoms with E-state index in [9.17, 15) is 23.1 Å². The van der Waals surface area contributed by atoms with E-state index in [1.54, 1.807) is 6.07 Å². The topological polar surface area (TPSA) is 61.1 Å². The molecule has 0 atom stereocenters. The van der Waals surface area contributed by atoms with Gasteiger partial charge < -0.3 is 5.11 Å². The van der Waals surface area contributed by atoms with E-state index in [1.165, 1.54) is 24.3 Å². The average molecular weight is 373 g/mol. The van der Waals surface area contributed by atoms with Crippen LogP contribution in [0.1, 0.15) is 54.1 Å². The van der Waals surface area contributed by atoms with Crippen molar-refractivity contribution in [3.63, 3.8) is 0 Å². The van der Waals surface area contributed by atoms with Gasteiger partial charge in [-0.3, -0.25) is 0 Å². The maximum Gasteiger partial charge on any atom is 0.336 e. The molecule has 140 valence electrons. The quantitative estimate of drug-likeness (QED) is 0.584. The first-order chi connectivity index (χ1) is 12.9. The molecule has 0 radical (unpaired) electrons. The van der Waals surface area contributed by atoms with Crippen molar-refractivity contribution in [3.05, 3.63) is 64.7 Å². The highest BCUT2D eigenvalue weighted by Crippen LogP contribution is 2.32. The molecule has 0 saturated carbocycles. The number of aromatic carboxylic acids is 1. The SMILES string of the molecule is CCCCC/C(F)=C(\F)c1ccc(-c2c(C(=O)O)ccc(C#N)c2F)cc1. The molecular weight excluding hydrogens is 355 g/mol. The van der Waals surface area contributed by atoms with Gasteiger partial charge in [0.1, 0.15) is 17.7 Å². The molecule has 2 aromatic rings. The molecule has 0 aliphatic carbocycles. The van der Waals surface area contributed by atoms with E-state index in [1.807, 2.05) is 6.92 Å². The Balaban J connectivity index is 2.42. The van der Waals surface area contributed by atoms with Crippen molar-refractivity contribution < 1.29 is 23.1 Å². The van der Waals surface area contributed by atoms with Crippen LogP contribution in [-0.4, -0.2) is 11.1 Å². The van der Waals surface area contributed by atoms with Crippen LogP contribution < -0.4 is 0 Å². The molecular formula is C21H18F3NO2. The Labute approximate surface area is 155 Å². The molecule has 0 aliphatic rings. The van der Waals surface area contributed by atoms with Gasteiger partial charge in [0, 0.05) is 17.5 Å². The van der Waals surface area contributed by atoms with Crippen LogP contribution in [0.4, 0.5) is 13.2 Å². The Hall–Kier alpha value is -3.07. The first kappa shape index (κ1) is 20.2. The van der Waals surface area contributed by atoms with Crippen LogP contribution in [0.5, 0.6) is 0 Å². The van der Waals surface area contributed by atoms with Crippen LogP contribution in [0, 0.1) is 17.1 Å². The van der Waals surface area contributed by atoms with Crippen LogP contribution in [-0.2, 0) is 0 Å². The summed E-state index contributed by atoms with van der Waals surface area (Å²) in [6.07, 6.45) is 2.24. The number of allylic oxidation sites excluding steroid dienone is 1. The smallest absolute Gasteiger partial charge is 0.336 e. The lowest BCUT2D eigenvalue weighted by Gasteiger charge is -2.10. The number of rotatable bonds is 7. The standard InChI is InChI=1S/C21H18F3NO2/c1-2-3-4-5-17(22)19(23)14-8-6-13(7-9-14)18-16(21(26)27)11-10-15(12-25)20(18)24/h6-11H,2-5H2,1H3,(H,26,27)/b19-17+. The molecule has 0 aromatic heterocycles. The molecule has 3 nitrogen and oxygen atoms in total. The molecule has 2 aromatic carbocycles. The third-order valence-electron chi connectivity index (χ3n) is 4.16. The Kier molecular flexibility index (Phi) is 6.78. The van der Waals surface area contributed by atoms with Gasteiger partial charge in [-0.1, -0.05) is 44.0 Å². The monoisotopic (exact) mass is 373 g/mol. The number of hydrogen-bond acceptors (Lipinski definition) is 2. The minimum Gasteiger partial charge on any atom is -0.478 e. The number of hydrogen-bond donors (Lipinski definition) is 1. The fourth-order valence-electron chi connectivity index (χ4n) is 2.70. The molecule has 0 aliphatic heterocycles. The molecule has 6 heteroatoms. The second-order valence-electron chi connectivity index (χ2n) is 6.02. The first-order valence-corrected chi connectivity index (χ1v) is 8.51. The van der Waals surface area contributed by atoms with Gasteiger partial charge in [0.2, 0.25) is 0 Å². The molecule has 0 spiro atoms. The number of carboxylic acids is 1. The summed E-state index contributed by atoms with van der Waals surface area (Å²) >= 11 is 0. The predicted octanol–water partition coefficient (Wildman–Crippen LogP) is 6.25. The maximum absolute atomic E-state index is 14.5. The first-order valence-electron chi connectivity index (χ1n) is 8.51. The normalized spacial score (nSPS) is 11.7. The number of nitrogens with zero attached hydrogens (tertiary/aromatic N) is 1. The van der Waals surface area contributed by atoms with E-state index >= 15 is 0 Å². The van der Waals surface area contributed by atoms with Gasteiger partial charge in [0.15, 0.2) is 5.83 Å². The summed E-state index contributed by atoms with van der Waals surface area (Å²) in [5, 5.41) is 18.2. The molecule has 2 rings (SSSR count). The van der Waals surface area contributed by atoms with Crippen LogP contribution in [0.15, 0.2) is 42.2 Å². The molecule has 0 amide bonds. The van der Waals surface area contributed by atoms with Gasteiger partial charge in [-0.2, -0.15) is 5.26 Å². The highest BCUT2D eigenvalue weighted by molar-refractivity contribution is 5.96. The third kappa shape index (κ3) is 4.56. The Bertz CT molecular complexity index is 912. The van der Waals surface area contributed by atoms with Gasteiger partial charge in [-0.05, 0) is 24.1 Å². The van der Waals surface area contributed by atoms with E-state index in [-0.39, 0.29) is 34.2 Å². The van der Waals surface area contributed by atoms with Crippen molar-refractivity contribution >= 4 is 11.8 Å². The molecule has 0 fully saturated rings. The fourth-order valence-corrected chi connectivity index (χ4v) is 2.70. The Morgan fingerprint density at radius 1 is 1.11 bits per heavy atom. The number of halogens is 3. The number of unbranched alkanes of at least 4 members (excludes halogenated alkanes) is 2. The van der Waals surface area contributed by atoms with Crippen LogP contribution in [0.2, 0.25) is 0 Å². The van der Waals surface area contributed by atoms with Crippen molar-refractivity contribution in [3.8, 4) is 17.2 Å². The van der Waals surface area contributed by atoms with Gasteiger partial charge >= 0.3 is 5.97 Å². The highest BCUT2D eigenvalue weighted by atomic mass is 19.2. The Morgan fingerprint density at radius 2 is 1.78 bits per heavy atom. The summed E-state index contributed by atoms with van der Waals surface area (Å²) < 4.78 is 42.6. The van der Waals surface area contributed by atoms with Crippen molar-refractivity contribution in [1.29, 1.82) is 5.26 Å². The minimum absolute atomic E-state index is 0.00340. The summed E-state index contributed by atoms with van der Waals surface area (Å²) in [5.41, 5.74) is -0.736. The molecule has 27 heavy (non-hydrogen) atoms. The number of benzene rings is 2. The zero-order valence-electron chi connectivity index (χ0n) is 14.7. The summed E-state index contributed by atoms with van der Waals surface area (Å²) in [4.78, 5) is 11.4. The van der Waals surface area contributed by atoms with E-state index in [0.29, 0.717) is 6.42 Å². The van der Waals surface area contributed by atoms with Gasteiger partial charge in [0.05, 0.1) is 11.1 Å². The second kappa shape index (κ2) is 9.04. The lowest BCUT2D eigenvalue weighted by atomic mass is 9.95. The summed E-state index contributed by atoms with van der Waals surface area (Å²) in [7, 11) is 0. The number of carboxylic acid groups (broad SMARTS) is 1. The molecule has 1 N–H and O–H groups in total. The van der Waals surface area contributed by atoms with E-state index in [4.69, 9.17) is 5.26 Å². The lowest BCUT2D eigenvalue weighted by molar-refractivity contribution is 0.0697. The van der Waals surface area contributed by atoms with E-state index in [2.05, 4.69) is 0 Å². The molecule has 0 heterocycles. The largest absolute Gasteiger partial charge is 0.478 e. The minimum atomic E-state index is -1.36. The van der Waals surface area contributed by atoms with Crippen molar-refractivity contribution in [2.45, 2.75) is 32.6 Å². The Morgan fingerprint density at radius 3 is 2.33 bits per heavy atom. The predicted molar refractivity (Wildman–Crippen MR) is 96.8 cm³/mol. The maximum atomic E-state index is 14.5. The van der Waals surface area contributed by atoms with Crippen LogP contribution in [0.25, 0.3) is 17.0 Å². The summed E-state index contributed by atoms with van der Waals surface area (Å²) in [6.45, 7) is 1.96. The van der Waals surface area contributed by atoms with Crippen LogP contribution >= 0.6 is 0 Å². The fraction of sp³-hybridized carbons (Fsp3) is 0.238.